The molecule has 1 aromatic carbocycles. The summed E-state index contributed by atoms with van der Waals surface area (Å²) in [7, 11) is 0. The van der Waals surface area contributed by atoms with Gasteiger partial charge in [-0.1, -0.05) is 12.1 Å². The van der Waals surface area contributed by atoms with Crippen LogP contribution in [0.25, 0.3) is 0 Å². The standard InChI is InChI=1S/C10H15NO3/c12-6-5-11-10(7-13)8-1-3-9(14)4-2-8/h1-4,10-14H,5-7H2. The minimum absolute atomic E-state index is 0.0363. The lowest BCUT2D eigenvalue weighted by molar-refractivity contribution is 0.227. The van der Waals surface area contributed by atoms with Crippen LogP contribution >= 0.6 is 0 Å². The number of phenols is 1. The molecular weight excluding hydrogens is 182 g/mol. The van der Waals surface area contributed by atoms with E-state index >= 15 is 0 Å². The van der Waals surface area contributed by atoms with Crippen molar-refractivity contribution in [3.63, 3.8) is 0 Å². The lowest BCUT2D eigenvalue weighted by Crippen LogP contribution is -2.26. The molecule has 78 valence electrons. The maximum atomic E-state index is 9.07. The van der Waals surface area contributed by atoms with E-state index in [-0.39, 0.29) is 25.0 Å². The Hall–Kier alpha value is -1.10. The average molecular weight is 197 g/mol. The molecule has 0 spiro atoms. The second-order valence-electron chi connectivity index (χ2n) is 3.00. The summed E-state index contributed by atoms with van der Waals surface area (Å²) in [5.41, 5.74) is 0.888. The normalized spacial score (nSPS) is 12.7. The average Bonchev–Trinajstić information content (AvgIpc) is 2.21. The molecule has 0 saturated carbocycles. The highest BCUT2D eigenvalue weighted by Crippen LogP contribution is 2.16. The van der Waals surface area contributed by atoms with Gasteiger partial charge in [-0.3, -0.25) is 0 Å². The third-order valence-electron chi connectivity index (χ3n) is 1.98. The molecule has 0 aromatic heterocycles. The van der Waals surface area contributed by atoms with E-state index in [2.05, 4.69) is 5.32 Å². The molecular formula is C10H15NO3. The summed E-state index contributed by atoms with van der Waals surface area (Å²) >= 11 is 0. The van der Waals surface area contributed by atoms with Crippen LogP contribution in [0.4, 0.5) is 0 Å². The van der Waals surface area contributed by atoms with Crippen molar-refractivity contribution in [3.05, 3.63) is 29.8 Å². The monoisotopic (exact) mass is 197 g/mol. The molecule has 4 heteroatoms. The highest BCUT2D eigenvalue weighted by atomic mass is 16.3. The summed E-state index contributed by atoms with van der Waals surface area (Å²) in [6, 6.07) is 6.42. The van der Waals surface area contributed by atoms with E-state index in [1.165, 1.54) is 0 Å². The van der Waals surface area contributed by atoms with E-state index < -0.39 is 0 Å². The van der Waals surface area contributed by atoms with Gasteiger partial charge in [-0.05, 0) is 17.7 Å². The number of rotatable bonds is 5. The number of phenolic OH excluding ortho intramolecular Hbond substituents is 1. The lowest BCUT2D eigenvalue weighted by atomic mass is 10.1. The molecule has 0 bridgehead atoms. The van der Waals surface area contributed by atoms with Crippen molar-refractivity contribution in [1.29, 1.82) is 0 Å². The van der Waals surface area contributed by atoms with Gasteiger partial charge in [0.25, 0.3) is 0 Å². The van der Waals surface area contributed by atoms with Crippen molar-refractivity contribution in [3.8, 4) is 5.75 Å². The smallest absolute Gasteiger partial charge is 0.115 e. The Bertz CT molecular complexity index is 261. The van der Waals surface area contributed by atoms with Crippen LogP contribution in [0.1, 0.15) is 11.6 Å². The van der Waals surface area contributed by atoms with Crippen LogP contribution in [0.2, 0.25) is 0 Å². The predicted octanol–water partition coefficient (Wildman–Crippen LogP) is 0.00750. The second-order valence-corrected chi connectivity index (χ2v) is 3.00. The molecule has 0 aliphatic rings. The molecule has 1 atom stereocenters. The van der Waals surface area contributed by atoms with Gasteiger partial charge in [0.1, 0.15) is 5.75 Å². The van der Waals surface area contributed by atoms with Crippen LogP contribution in [0.15, 0.2) is 24.3 Å². The Kier molecular flexibility index (Phi) is 4.39. The molecule has 0 amide bonds. The van der Waals surface area contributed by atoms with Gasteiger partial charge in [0.05, 0.1) is 19.3 Å². The molecule has 1 aromatic rings. The minimum Gasteiger partial charge on any atom is -0.508 e. The Morgan fingerprint density at radius 3 is 2.29 bits per heavy atom. The fourth-order valence-electron chi connectivity index (χ4n) is 1.23. The number of aliphatic hydroxyl groups excluding tert-OH is 2. The summed E-state index contributed by atoms with van der Waals surface area (Å²) < 4.78 is 0. The third kappa shape index (κ3) is 2.99. The van der Waals surface area contributed by atoms with Crippen molar-refractivity contribution >= 4 is 0 Å². The zero-order valence-corrected chi connectivity index (χ0v) is 7.85. The van der Waals surface area contributed by atoms with Gasteiger partial charge in [0.15, 0.2) is 0 Å². The van der Waals surface area contributed by atoms with Crippen LogP contribution in [0.3, 0.4) is 0 Å². The van der Waals surface area contributed by atoms with E-state index in [0.29, 0.717) is 6.54 Å². The lowest BCUT2D eigenvalue weighted by Gasteiger charge is -2.15. The number of hydrogen-bond acceptors (Lipinski definition) is 4. The first kappa shape index (κ1) is 11.0. The van der Waals surface area contributed by atoms with Crippen LogP contribution < -0.4 is 5.32 Å². The van der Waals surface area contributed by atoms with E-state index in [9.17, 15) is 0 Å². The first-order chi connectivity index (χ1) is 6.77. The van der Waals surface area contributed by atoms with Gasteiger partial charge in [0, 0.05) is 6.54 Å². The molecule has 0 fully saturated rings. The summed E-state index contributed by atoms with van der Waals surface area (Å²) in [6.45, 7) is 0.436. The molecule has 14 heavy (non-hydrogen) atoms. The molecule has 0 saturated heterocycles. The Balaban J connectivity index is 2.64. The van der Waals surface area contributed by atoms with Crippen LogP contribution in [0.5, 0.6) is 5.75 Å². The Morgan fingerprint density at radius 1 is 1.14 bits per heavy atom. The highest BCUT2D eigenvalue weighted by molar-refractivity contribution is 5.28. The Morgan fingerprint density at radius 2 is 1.79 bits per heavy atom. The van der Waals surface area contributed by atoms with Crippen LogP contribution in [-0.4, -0.2) is 35.1 Å². The topological polar surface area (TPSA) is 72.7 Å². The largest absolute Gasteiger partial charge is 0.508 e. The maximum Gasteiger partial charge on any atom is 0.115 e. The first-order valence-corrected chi connectivity index (χ1v) is 4.52. The van der Waals surface area contributed by atoms with E-state index in [1.54, 1.807) is 24.3 Å². The van der Waals surface area contributed by atoms with Gasteiger partial charge < -0.3 is 20.6 Å². The van der Waals surface area contributed by atoms with Crippen LogP contribution in [0, 0.1) is 0 Å². The SMILES string of the molecule is OCCNC(CO)c1ccc(O)cc1. The Labute approximate surface area is 82.8 Å². The van der Waals surface area contributed by atoms with Gasteiger partial charge in [-0.15, -0.1) is 0 Å². The second kappa shape index (κ2) is 5.59. The predicted molar refractivity (Wildman–Crippen MR) is 53.0 cm³/mol. The van der Waals surface area contributed by atoms with Crippen molar-refractivity contribution < 1.29 is 15.3 Å². The molecule has 1 rings (SSSR count). The molecule has 4 N–H and O–H groups in total. The first-order valence-electron chi connectivity index (χ1n) is 4.52. The highest BCUT2D eigenvalue weighted by Gasteiger charge is 2.08. The zero-order valence-electron chi connectivity index (χ0n) is 7.85. The van der Waals surface area contributed by atoms with Crippen molar-refractivity contribution in [1.82, 2.24) is 5.32 Å². The fourth-order valence-corrected chi connectivity index (χ4v) is 1.23. The fraction of sp³-hybridized carbons (Fsp3) is 0.400. The molecule has 0 aliphatic carbocycles. The van der Waals surface area contributed by atoms with Crippen molar-refractivity contribution in [2.45, 2.75) is 6.04 Å². The molecule has 0 aliphatic heterocycles. The quantitative estimate of drug-likeness (QED) is 0.536. The summed E-state index contributed by atoms with van der Waals surface area (Å²) in [4.78, 5) is 0. The molecule has 0 radical (unpaired) electrons. The van der Waals surface area contributed by atoms with E-state index in [1.807, 2.05) is 0 Å². The van der Waals surface area contributed by atoms with Gasteiger partial charge in [-0.2, -0.15) is 0 Å². The number of aliphatic hydroxyl groups is 2. The summed E-state index contributed by atoms with van der Waals surface area (Å²) in [5.74, 6) is 0.201. The minimum atomic E-state index is -0.192. The molecule has 0 heterocycles. The van der Waals surface area contributed by atoms with Crippen LogP contribution in [-0.2, 0) is 0 Å². The number of nitrogens with one attached hydrogen (secondary N) is 1. The van der Waals surface area contributed by atoms with Gasteiger partial charge >= 0.3 is 0 Å². The zero-order chi connectivity index (χ0) is 10.4. The van der Waals surface area contributed by atoms with E-state index in [0.717, 1.165) is 5.56 Å². The number of benzene rings is 1. The molecule has 1 unspecified atom stereocenters. The molecule has 4 nitrogen and oxygen atoms in total. The number of hydrogen-bond donors (Lipinski definition) is 4. The third-order valence-corrected chi connectivity index (χ3v) is 1.98. The van der Waals surface area contributed by atoms with Crippen molar-refractivity contribution in [2.24, 2.45) is 0 Å². The van der Waals surface area contributed by atoms with Gasteiger partial charge in [0.2, 0.25) is 0 Å². The van der Waals surface area contributed by atoms with Gasteiger partial charge in [-0.25, -0.2) is 0 Å². The van der Waals surface area contributed by atoms with Crippen molar-refractivity contribution in [2.75, 3.05) is 19.8 Å². The summed E-state index contributed by atoms with van der Waals surface area (Å²) in [5, 5.41) is 29.7. The number of aromatic hydroxyl groups is 1. The maximum absolute atomic E-state index is 9.07. The van der Waals surface area contributed by atoms with E-state index in [4.69, 9.17) is 15.3 Å². The summed E-state index contributed by atoms with van der Waals surface area (Å²) in [6.07, 6.45) is 0.